The summed E-state index contributed by atoms with van der Waals surface area (Å²) in [6.45, 7) is 2.22. The summed E-state index contributed by atoms with van der Waals surface area (Å²) in [5, 5.41) is 4.06. The molecule has 0 N–H and O–H groups in total. The highest BCUT2D eigenvalue weighted by Gasteiger charge is 2.22. The van der Waals surface area contributed by atoms with Gasteiger partial charge in [0, 0.05) is 11.1 Å². The van der Waals surface area contributed by atoms with Crippen LogP contribution in [0.4, 0.5) is 0 Å². The standard InChI is InChI=1S/C22H23OPS/c1-3-25-17-18-11-7-9-15-21(18)24(19-12-5-4-6-13-19)22-16-10-8-14-20(22)23-2/h4-16H,3,17H2,1-2H3. The summed E-state index contributed by atoms with van der Waals surface area (Å²) in [6, 6.07) is 28.1. The van der Waals surface area contributed by atoms with Crippen LogP contribution in [-0.2, 0) is 5.75 Å². The van der Waals surface area contributed by atoms with Crippen LogP contribution in [0.5, 0.6) is 5.75 Å². The minimum Gasteiger partial charge on any atom is -0.496 e. The van der Waals surface area contributed by atoms with Crippen LogP contribution in [0.3, 0.4) is 0 Å². The summed E-state index contributed by atoms with van der Waals surface area (Å²) in [6.07, 6.45) is 0. The molecular weight excluding hydrogens is 343 g/mol. The first-order valence-corrected chi connectivity index (χ1v) is 11.0. The van der Waals surface area contributed by atoms with Gasteiger partial charge >= 0.3 is 0 Å². The molecule has 0 aliphatic rings. The lowest BCUT2D eigenvalue weighted by atomic mass is 10.2. The van der Waals surface area contributed by atoms with Crippen molar-refractivity contribution in [3.05, 3.63) is 84.4 Å². The van der Waals surface area contributed by atoms with Crippen molar-refractivity contribution in [2.75, 3.05) is 12.9 Å². The molecule has 0 fully saturated rings. The fourth-order valence-electron chi connectivity index (χ4n) is 2.86. The average molecular weight is 366 g/mol. The zero-order valence-electron chi connectivity index (χ0n) is 14.7. The molecule has 3 aromatic rings. The largest absolute Gasteiger partial charge is 0.496 e. The monoisotopic (exact) mass is 366 g/mol. The maximum atomic E-state index is 5.70. The van der Waals surface area contributed by atoms with Crippen LogP contribution >= 0.6 is 19.7 Å². The van der Waals surface area contributed by atoms with Gasteiger partial charge in [-0.15, -0.1) is 0 Å². The Morgan fingerprint density at radius 2 is 1.44 bits per heavy atom. The molecule has 0 saturated heterocycles. The van der Waals surface area contributed by atoms with E-state index in [1.54, 1.807) is 7.11 Å². The molecule has 1 atom stereocenters. The molecule has 0 spiro atoms. The summed E-state index contributed by atoms with van der Waals surface area (Å²) in [5.41, 5.74) is 1.43. The van der Waals surface area contributed by atoms with Crippen molar-refractivity contribution in [3.63, 3.8) is 0 Å². The molecular formula is C22H23OPS. The number of rotatable bonds is 7. The van der Waals surface area contributed by atoms with Gasteiger partial charge in [0.05, 0.1) is 7.11 Å². The van der Waals surface area contributed by atoms with E-state index in [4.69, 9.17) is 4.74 Å². The van der Waals surface area contributed by atoms with Crippen LogP contribution < -0.4 is 20.7 Å². The van der Waals surface area contributed by atoms with Crippen LogP contribution in [0.2, 0.25) is 0 Å². The van der Waals surface area contributed by atoms with Crippen molar-refractivity contribution in [3.8, 4) is 5.75 Å². The molecule has 1 unspecified atom stereocenters. The van der Waals surface area contributed by atoms with E-state index in [0.29, 0.717) is 0 Å². The van der Waals surface area contributed by atoms with Crippen LogP contribution in [0.1, 0.15) is 12.5 Å². The second-order valence-electron chi connectivity index (χ2n) is 5.61. The molecule has 3 rings (SSSR count). The van der Waals surface area contributed by atoms with Gasteiger partial charge in [0.25, 0.3) is 0 Å². The molecule has 0 bridgehead atoms. The van der Waals surface area contributed by atoms with Crippen molar-refractivity contribution in [1.82, 2.24) is 0 Å². The first-order valence-electron chi connectivity index (χ1n) is 8.49. The second-order valence-corrected chi connectivity index (χ2v) is 9.03. The predicted molar refractivity (Wildman–Crippen MR) is 114 cm³/mol. The summed E-state index contributed by atoms with van der Waals surface area (Å²) in [7, 11) is 1.11. The normalized spacial score (nSPS) is 11.9. The number of para-hydroxylation sites is 1. The van der Waals surface area contributed by atoms with Crippen molar-refractivity contribution in [1.29, 1.82) is 0 Å². The lowest BCUT2D eigenvalue weighted by Crippen LogP contribution is -2.24. The highest BCUT2D eigenvalue weighted by Crippen LogP contribution is 2.38. The van der Waals surface area contributed by atoms with Gasteiger partial charge in [-0.05, 0) is 35.9 Å². The topological polar surface area (TPSA) is 9.23 Å². The summed E-state index contributed by atoms with van der Waals surface area (Å²) >= 11 is 1.97. The molecule has 0 saturated carbocycles. The van der Waals surface area contributed by atoms with E-state index in [1.165, 1.54) is 21.5 Å². The number of hydrogen-bond donors (Lipinski definition) is 0. The Kier molecular flexibility index (Phi) is 6.55. The maximum Gasteiger partial charge on any atom is 0.127 e. The Hall–Kier alpha value is -1.76. The average Bonchev–Trinajstić information content (AvgIpc) is 2.69. The molecule has 0 radical (unpaired) electrons. The van der Waals surface area contributed by atoms with Gasteiger partial charge in [-0.1, -0.05) is 79.7 Å². The highest BCUT2D eigenvalue weighted by atomic mass is 32.2. The van der Waals surface area contributed by atoms with Crippen molar-refractivity contribution < 1.29 is 4.74 Å². The molecule has 0 aliphatic carbocycles. The minimum absolute atomic E-state index is 0.648. The number of benzene rings is 3. The Bertz CT molecular complexity index is 804. The van der Waals surface area contributed by atoms with Crippen molar-refractivity contribution >= 4 is 35.6 Å². The minimum atomic E-state index is -0.648. The third kappa shape index (κ3) is 4.26. The Labute approximate surface area is 156 Å². The van der Waals surface area contributed by atoms with Crippen LogP contribution in [-0.4, -0.2) is 12.9 Å². The third-order valence-corrected chi connectivity index (χ3v) is 7.54. The lowest BCUT2D eigenvalue weighted by molar-refractivity contribution is 0.418. The molecule has 0 amide bonds. The van der Waals surface area contributed by atoms with E-state index in [0.717, 1.165) is 17.3 Å². The molecule has 1 nitrogen and oxygen atoms in total. The van der Waals surface area contributed by atoms with Gasteiger partial charge in [0.1, 0.15) is 5.75 Å². The Morgan fingerprint density at radius 3 is 2.16 bits per heavy atom. The molecule has 0 aliphatic heterocycles. The molecule has 128 valence electrons. The Morgan fingerprint density at radius 1 is 0.800 bits per heavy atom. The van der Waals surface area contributed by atoms with Crippen LogP contribution in [0.25, 0.3) is 0 Å². The van der Waals surface area contributed by atoms with Crippen molar-refractivity contribution in [2.45, 2.75) is 12.7 Å². The SMILES string of the molecule is CCSCc1ccccc1P(c1ccccc1)c1ccccc1OC. The zero-order chi connectivity index (χ0) is 17.5. The molecule has 3 heteroatoms. The fourth-order valence-corrected chi connectivity index (χ4v) is 6.23. The number of thioether (sulfide) groups is 1. The van der Waals surface area contributed by atoms with E-state index in [1.807, 2.05) is 17.8 Å². The fraction of sp³-hybridized carbons (Fsp3) is 0.182. The quantitative estimate of drug-likeness (QED) is 0.560. The molecule has 0 heterocycles. The smallest absolute Gasteiger partial charge is 0.127 e. The maximum absolute atomic E-state index is 5.70. The molecule has 3 aromatic carbocycles. The van der Waals surface area contributed by atoms with Gasteiger partial charge in [0.2, 0.25) is 0 Å². The number of methoxy groups -OCH3 is 1. The Balaban J connectivity index is 2.16. The van der Waals surface area contributed by atoms with E-state index in [2.05, 4.69) is 79.7 Å². The van der Waals surface area contributed by atoms with E-state index in [9.17, 15) is 0 Å². The van der Waals surface area contributed by atoms with E-state index in [-0.39, 0.29) is 0 Å². The first kappa shape index (κ1) is 18.0. The van der Waals surface area contributed by atoms with Crippen LogP contribution in [0.15, 0.2) is 78.9 Å². The summed E-state index contributed by atoms with van der Waals surface area (Å²) in [5.74, 6) is 3.15. The highest BCUT2D eigenvalue weighted by molar-refractivity contribution is 7.98. The number of hydrogen-bond acceptors (Lipinski definition) is 2. The second kappa shape index (κ2) is 9.08. The lowest BCUT2D eigenvalue weighted by Gasteiger charge is -2.23. The summed E-state index contributed by atoms with van der Waals surface area (Å²) in [4.78, 5) is 0. The summed E-state index contributed by atoms with van der Waals surface area (Å²) < 4.78 is 5.70. The van der Waals surface area contributed by atoms with Gasteiger partial charge < -0.3 is 4.74 Å². The van der Waals surface area contributed by atoms with Gasteiger partial charge in [0.15, 0.2) is 0 Å². The van der Waals surface area contributed by atoms with E-state index >= 15 is 0 Å². The molecule has 25 heavy (non-hydrogen) atoms. The first-order chi connectivity index (χ1) is 12.3. The van der Waals surface area contributed by atoms with Gasteiger partial charge in [-0.2, -0.15) is 11.8 Å². The molecule has 0 aromatic heterocycles. The predicted octanol–water partition coefficient (Wildman–Crippen LogP) is 4.71. The number of ether oxygens (including phenoxy) is 1. The van der Waals surface area contributed by atoms with Gasteiger partial charge in [-0.25, -0.2) is 0 Å². The van der Waals surface area contributed by atoms with E-state index < -0.39 is 7.92 Å². The van der Waals surface area contributed by atoms with Gasteiger partial charge in [-0.3, -0.25) is 0 Å². The van der Waals surface area contributed by atoms with Crippen LogP contribution in [0, 0.1) is 0 Å². The zero-order valence-corrected chi connectivity index (χ0v) is 16.4. The van der Waals surface area contributed by atoms with Crippen molar-refractivity contribution in [2.24, 2.45) is 0 Å². The third-order valence-electron chi connectivity index (χ3n) is 4.03.